The fourth-order valence-electron chi connectivity index (χ4n) is 1.28. The van der Waals surface area contributed by atoms with E-state index >= 15 is 0 Å². The quantitative estimate of drug-likeness (QED) is 0.828. The number of furan rings is 1. The number of nitrogens with zero attached hydrogens (tertiary/aromatic N) is 2. The van der Waals surface area contributed by atoms with Gasteiger partial charge in [0, 0.05) is 5.41 Å². The maximum Gasteiger partial charge on any atom is 0.437 e. The van der Waals surface area contributed by atoms with Crippen molar-refractivity contribution in [2.45, 2.75) is 27.3 Å². The summed E-state index contributed by atoms with van der Waals surface area (Å²) in [6.45, 7) is 5.25. The number of rotatable bonds is 3. The number of carbonyl (C=O) groups excluding carboxylic acids is 1. The summed E-state index contributed by atoms with van der Waals surface area (Å²) in [5.74, 6) is -0.330. The van der Waals surface area contributed by atoms with Gasteiger partial charge in [-0.1, -0.05) is 20.8 Å². The smallest absolute Gasteiger partial charge is 0.437 e. The summed E-state index contributed by atoms with van der Waals surface area (Å²) in [4.78, 5) is 23.4. The first-order valence-electron chi connectivity index (χ1n) is 5.53. The molecule has 0 radical (unpaired) electrons. The van der Waals surface area contributed by atoms with Crippen molar-refractivity contribution in [3.63, 3.8) is 0 Å². The highest BCUT2D eigenvalue weighted by molar-refractivity contribution is 5.83. The van der Waals surface area contributed by atoms with Gasteiger partial charge in [-0.2, -0.15) is 4.68 Å². The van der Waals surface area contributed by atoms with E-state index in [9.17, 15) is 9.59 Å². The lowest BCUT2D eigenvalue weighted by molar-refractivity contribution is -0.127. The standard InChI is InChI=1S/C12H14N2O4/c1-12(2,3)9(15)7-14-11(16)18-10(13-14)8-5-4-6-17-8/h4-6H,7H2,1-3H3. The Bertz CT molecular complexity index is 599. The van der Waals surface area contributed by atoms with Crippen LogP contribution in [0.15, 0.2) is 32.0 Å². The Morgan fingerprint density at radius 2 is 2.17 bits per heavy atom. The molecular weight excluding hydrogens is 236 g/mol. The molecule has 0 N–H and O–H groups in total. The molecule has 0 atom stereocenters. The van der Waals surface area contributed by atoms with Gasteiger partial charge in [0.1, 0.15) is 6.54 Å². The summed E-state index contributed by atoms with van der Waals surface area (Å²) >= 11 is 0. The molecule has 0 aliphatic carbocycles. The van der Waals surface area contributed by atoms with Crippen LogP contribution in [-0.2, 0) is 11.3 Å². The molecule has 6 nitrogen and oxygen atoms in total. The van der Waals surface area contributed by atoms with E-state index in [0.717, 1.165) is 4.68 Å². The van der Waals surface area contributed by atoms with Gasteiger partial charge in [0.2, 0.25) is 0 Å². The highest BCUT2D eigenvalue weighted by atomic mass is 16.4. The van der Waals surface area contributed by atoms with Gasteiger partial charge in [-0.15, -0.1) is 5.10 Å². The van der Waals surface area contributed by atoms with Crippen LogP contribution >= 0.6 is 0 Å². The van der Waals surface area contributed by atoms with Crippen molar-refractivity contribution in [1.82, 2.24) is 9.78 Å². The summed E-state index contributed by atoms with van der Waals surface area (Å²) in [6, 6.07) is 3.29. The van der Waals surface area contributed by atoms with Crippen molar-refractivity contribution >= 4 is 5.78 Å². The highest BCUT2D eigenvalue weighted by Crippen LogP contribution is 2.17. The zero-order chi connectivity index (χ0) is 13.3. The number of carbonyl (C=O) groups is 1. The minimum atomic E-state index is -0.668. The van der Waals surface area contributed by atoms with Crippen LogP contribution in [0.2, 0.25) is 0 Å². The molecule has 0 aliphatic heterocycles. The third-order valence-electron chi connectivity index (χ3n) is 2.47. The van der Waals surface area contributed by atoms with E-state index < -0.39 is 11.2 Å². The van der Waals surface area contributed by atoms with E-state index in [0.29, 0.717) is 5.76 Å². The van der Waals surface area contributed by atoms with E-state index in [-0.39, 0.29) is 18.2 Å². The Balaban J connectivity index is 2.26. The Kier molecular flexibility index (Phi) is 2.94. The second kappa shape index (κ2) is 4.29. The fourth-order valence-corrected chi connectivity index (χ4v) is 1.28. The van der Waals surface area contributed by atoms with Crippen LogP contribution in [0.5, 0.6) is 0 Å². The maximum absolute atomic E-state index is 11.8. The van der Waals surface area contributed by atoms with E-state index in [1.807, 2.05) is 0 Å². The lowest BCUT2D eigenvalue weighted by atomic mass is 9.91. The van der Waals surface area contributed by atoms with Crippen LogP contribution < -0.4 is 5.76 Å². The van der Waals surface area contributed by atoms with Crippen molar-refractivity contribution in [2.24, 2.45) is 5.41 Å². The number of ketones is 1. The van der Waals surface area contributed by atoms with Crippen molar-refractivity contribution in [3.8, 4) is 11.7 Å². The fraction of sp³-hybridized carbons (Fsp3) is 0.417. The van der Waals surface area contributed by atoms with Gasteiger partial charge in [0.15, 0.2) is 11.5 Å². The first-order valence-corrected chi connectivity index (χ1v) is 5.53. The van der Waals surface area contributed by atoms with E-state index in [4.69, 9.17) is 8.83 Å². The predicted molar refractivity (Wildman–Crippen MR) is 62.9 cm³/mol. The molecule has 6 heteroatoms. The zero-order valence-corrected chi connectivity index (χ0v) is 10.5. The van der Waals surface area contributed by atoms with Gasteiger partial charge in [0.25, 0.3) is 5.89 Å². The van der Waals surface area contributed by atoms with Crippen molar-refractivity contribution < 1.29 is 13.6 Å². The number of hydrogen-bond donors (Lipinski definition) is 0. The van der Waals surface area contributed by atoms with Crippen molar-refractivity contribution in [2.75, 3.05) is 0 Å². The minimum Gasteiger partial charge on any atom is -0.459 e. The van der Waals surface area contributed by atoms with Gasteiger partial charge in [-0.3, -0.25) is 4.79 Å². The monoisotopic (exact) mass is 250 g/mol. The average molecular weight is 250 g/mol. The summed E-state index contributed by atoms with van der Waals surface area (Å²) in [7, 11) is 0. The molecule has 2 aromatic rings. The largest absolute Gasteiger partial charge is 0.459 e. The molecule has 0 aliphatic rings. The molecule has 2 heterocycles. The lowest BCUT2D eigenvalue weighted by Gasteiger charge is -2.15. The van der Waals surface area contributed by atoms with Gasteiger partial charge >= 0.3 is 5.76 Å². The molecule has 0 aromatic carbocycles. The normalized spacial score (nSPS) is 11.7. The minimum absolute atomic E-state index is 0.0757. The Hall–Kier alpha value is -2.11. The lowest BCUT2D eigenvalue weighted by Crippen LogP contribution is -2.29. The van der Waals surface area contributed by atoms with E-state index in [2.05, 4.69) is 5.10 Å². The highest BCUT2D eigenvalue weighted by Gasteiger charge is 2.23. The SMILES string of the molecule is CC(C)(C)C(=O)Cn1nc(-c2ccco2)oc1=O. The first-order chi connectivity index (χ1) is 8.38. The molecule has 0 fully saturated rings. The second-order valence-electron chi connectivity index (χ2n) is 4.98. The third kappa shape index (κ3) is 2.42. The summed E-state index contributed by atoms with van der Waals surface area (Å²) in [5.41, 5.74) is -0.525. The van der Waals surface area contributed by atoms with Crippen LogP contribution in [0.25, 0.3) is 11.7 Å². The number of Topliss-reactive ketones (excluding diaryl/α,β-unsaturated/α-hetero) is 1. The molecule has 2 rings (SSSR count). The molecule has 0 bridgehead atoms. The summed E-state index contributed by atoms with van der Waals surface area (Å²) in [5, 5.41) is 3.93. The molecule has 0 amide bonds. The molecule has 0 saturated carbocycles. The van der Waals surface area contributed by atoms with Crippen LogP contribution in [0, 0.1) is 5.41 Å². The van der Waals surface area contributed by atoms with Crippen molar-refractivity contribution in [3.05, 3.63) is 28.9 Å². The van der Waals surface area contributed by atoms with E-state index in [1.54, 1.807) is 32.9 Å². The number of hydrogen-bond acceptors (Lipinski definition) is 5. The van der Waals surface area contributed by atoms with Gasteiger partial charge in [0.05, 0.1) is 6.26 Å². The summed E-state index contributed by atoms with van der Waals surface area (Å²) in [6.07, 6.45) is 1.45. The Labute approximate surface area is 103 Å². The molecule has 0 unspecified atom stereocenters. The Morgan fingerprint density at radius 1 is 1.44 bits per heavy atom. The van der Waals surface area contributed by atoms with Crippen molar-refractivity contribution in [1.29, 1.82) is 0 Å². The molecule has 18 heavy (non-hydrogen) atoms. The van der Waals surface area contributed by atoms with Gasteiger partial charge in [-0.05, 0) is 12.1 Å². The molecule has 96 valence electrons. The van der Waals surface area contributed by atoms with Crippen LogP contribution in [-0.4, -0.2) is 15.6 Å². The van der Waals surface area contributed by atoms with E-state index in [1.165, 1.54) is 6.26 Å². The topological polar surface area (TPSA) is 78.2 Å². The van der Waals surface area contributed by atoms with Gasteiger partial charge < -0.3 is 8.83 Å². The Morgan fingerprint density at radius 3 is 2.72 bits per heavy atom. The van der Waals surface area contributed by atoms with Crippen LogP contribution in [0.4, 0.5) is 0 Å². The number of aromatic nitrogens is 2. The average Bonchev–Trinajstić information content (AvgIpc) is 2.87. The van der Waals surface area contributed by atoms with Gasteiger partial charge in [-0.25, -0.2) is 4.79 Å². The van der Waals surface area contributed by atoms with Crippen LogP contribution in [0.1, 0.15) is 20.8 Å². The molecule has 0 saturated heterocycles. The second-order valence-corrected chi connectivity index (χ2v) is 4.98. The zero-order valence-electron chi connectivity index (χ0n) is 10.5. The third-order valence-corrected chi connectivity index (χ3v) is 2.47. The predicted octanol–water partition coefficient (Wildman–Crippen LogP) is 1.71. The van der Waals surface area contributed by atoms with Crippen LogP contribution in [0.3, 0.4) is 0 Å². The summed E-state index contributed by atoms with van der Waals surface area (Å²) < 4.78 is 11.0. The first kappa shape index (κ1) is 12.3. The maximum atomic E-state index is 11.8. The molecule has 2 aromatic heterocycles. The molecular formula is C12H14N2O4. The molecule has 0 spiro atoms.